The van der Waals surface area contributed by atoms with E-state index in [4.69, 9.17) is 4.74 Å². The van der Waals surface area contributed by atoms with Crippen LogP contribution < -0.4 is 15.0 Å². The Hall–Kier alpha value is -3.46. The monoisotopic (exact) mass is 539 g/mol. The number of morpholine rings is 1. The average molecular weight is 540 g/mol. The highest BCUT2D eigenvalue weighted by Crippen LogP contribution is 2.32. The summed E-state index contributed by atoms with van der Waals surface area (Å²) in [6.07, 6.45) is -3.21. The number of H-pyrrole nitrogens is 1. The molecule has 5 rings (SSSR count). The van der Waals surface area contributed by atoms with E-state index < -0.39 is 6.36 Å². The number of anilines is 2. The number of hydrogen-bond acceptors (Lipinski definition) is 9. The Morgan fingerprint density at radius 2 is 1.94 bits per heavy atom. The summed E-state index contributed by atoms with van der Waals surface area (Å²) in [5, 5.41) is 15.4. The molecule has 34 heavy (non-hydrogen) atoms. The van der Waals surface area contributed by atoms with Gasteiger partial charge in [-0.3, -0.25) is 0 Å². The van der Waals surface area contributed by atoms with Crippen LogP contribution in [-0.2, 0) is 11.3 Å². The van der Waals surface area contributed by atoms with E-state index in [9.17, 15) is 13.2 Å². The van der Waals surface area contributed by atoms with Crippen LogP contribution in [0.25, 0.3) is 17.0 Å². The van der Waals surface area contributed by atoms with Crippen molar-refractivity contribution < 1.29 is 22.6 Å². The molecular weight excluding hydrogens is 523 g/mol. The predicted molar refractivity (Wildman–Crippen MR) is 117 cm³/mol. The van der Waals surface area contributed by atoms with Crippen molar-refractivity contribution in [1.29, 1.82) is 0 Å². The molecule has 4 aromatic rings. The molecular formula is C19H17BrF3N9O2. The highest BCUT2D eigenvalue weighted by Gasteiger charge is 2.32. The number of para-hydroxylation sites is 1. The molecule has 0 spiro atoms. The molecule has 2 N–H and O–H groups in total. The second kappa shape index (κ2) is 9.06. The Morgan fingerprint density at radius 1 is 1.15 bits per heavy atom. The quantitative estimate of drug-likeness (QED) is 0.381. The number of aromatic nitrogens is 7. The van der Waals surface area contributed by atoms with Gasteiger partial charge in [-0.2, -0.15) is 19.6 Å². The molecule has 0 saturated carbocycles. The van der Waals surface area contributed by atoms with E-state index in [0.717, 1.165) is 0 Å². The highest BCUT2D eigenvalue weighted by molar-refractivity contribution is 9.10. The normalized spacial score (nSPS) is 14.5. The Labute approximate surface area is 198 Å². The van der Waals surface area contributed by atoms with E-state index in [1.165, 1.54) is 22.7 Å². The molecule has 1 aliphatic heterocycles. The standard InChI is InChI=1S/C19H17BrF3N9O2/c20-12-9-25-32-16(12)27-18(31-5-7-33-8-6-31)28-17(32)24-10-14-26-15(30-29-14)11-3-1-2-4-13(11)34-19(21,22)23/h1-4,9H,5-8,10H2,(H,24,27,28)(H,26,29,30). The lowest BCUT2D eigenvalue weighted by molar-refractivity contribution is -0.274. The summed E-state index contributed by atoms with van der Waals surface area (Å²) in [5.41, 5.74) is 0.712. The summed E-state index contributed by atoms with van der Waals surface area (Å²) in [7, 11) is 0. The van der Waals surface area contributed by atoms with Crippen molar-refractivity contribution in [3.8, 4) is 17.1 Å². The maximum absolute atomic E-state index is 12.7. The molecule has 1 saturated heterocycles. The van der Waals surface area contributed by atoms with Crippen molar-refractivity contribution in [3.63, 3.8) is 0 Å². The number of alkyl halides is 3. The van der Waals surface area contributed by atoms with Crippen LogP contribution in [0.4, 0.5) is 25.1 Å². The number of halogens is 4. The number of rotatable bonds is 6. The zero-order chi connectivity index (χ0) is 23.7. The van der Waals surface area contributed by atoms with Crippen LogP contribution in [0.15, 0.2) is 34.9 Å². The molecule has 0 amide bonds. The van der Waals surface area contributed by atoms with Crippen LogP contribution in [0.2, 0.25) is 0 Å². The van der Waals surface area contributed by atoms with Gasteiger partial charge in [0.25, 0.3) is 0 Å². The maximum Gasteiger partial charge on any atom is 0.573 e. The zero-order valence-corrected chi connectivity index (χ0v) is 19.0. The Bertz CT molecular complexity index is 1300. The third-order valence-corrected chi connectivity index (χ3v) is 5.48. The number of nitrogens with zero attached hydrogens (tertiary/aromatic N) is 7. The minimum absolute atomic E-state index is 0.133. The summed E-state index contributed by atoms with van der Waals surface area (Å²) < 4.78 is 49.9. The lowest BCUT2D eigenvalue weighted by Crippen LogP contribution is -2.37. The lowest BCUT2D eigenvalue weighted by atomic mass is 10.2. The van der Waals surface area contributed by atoms with Crippen molar-refractivity contribution in [2.75, 3.05) is 36.5 Å². The number of fused-ring (bicyclic) bond motifs is 1. The number of hydrogen-bond donors (Lipinski definition) is 2. The van der Waals surface area contributed by atoms with E-state index in [-0.39, 0.29) is 23.7 Å². The zero-order valence-electron chi connectivity index (χ0n) is 17.4. The Balaban J connectivity index is 1.38. The topological polar surface area (TPSA) is 118 Å². The number of ether oxygens (including phenoxy) is 2. The van der Waals surface area contributed by atoms with Crippen LogP contribution in [0.3, 0.4) is 0 Å². The Kier molecular flexibility index (Phi) is 5.95. The van der Waals surface area contributed by atoms with Crippen molar-refractivity contribution in [3.05, 3.63) is 40.8 Å². The number of aromatic amines is 1. The minimum Gasteiger partial charge on any atom is -0.405 e. The molecule has 1 fully saturated rings. The van der Waals surface area contributed by atoms with E-state index >= 15 is 0 Å². The van der Waals surface area contributed by atoms with E-state index in [2.05, 4.69) is 56.2 Å². The lowest BCUT2D eigenvalue weighted by Gasteiger charge is -2.27. The first-order valence-electron chi connectivity index (χ1n) is 10.1. The van der Waals surface area contributed by atoms with Gasteiger partial charge >= 0.3 is 6.36 Å². The highest BCUT2D eigenvalue weighted by atomic mass is 79.9. The second-order valence-electron chi connectivity index (χ2n) is 7.19. The van der Waals surface area contributed by atoms with Gasteiger partial charge < -0.3 is 24.7 Å². The van der Waals surface area contributed by atoms with Gasteiger partial charge in [0.1, 0.15) is 11.6 Å². The minimum atomic E-state index is -4.82. The van der Waals surface area contributed by atoms with Crippen LogP contribution in [0, 0.1) is 0 Å². The van der Waals surface area contributed by atoms with Gasteiger partial charge in [-0.15, -0.1) is 23.4 Å². The van der Waals surface area contributed by atoms with Crippen LogP contribution >= 0.6 is 15.9 Å². The molecule has 178 valence electrons. The molecule has 0 bridgehead atoms. The third-order valence-electron chi connectivity index (χ3n) is 4.92. The second-order valence-corrected chi connectivity index (χ2v) is 8.05. The van der Waals surface area contributed by atoms with E-state index in [1.54, 1.807) is 12.3 Å². The SMILES string of the molecule is FC(F)(F)Oc1ccccc1-c1nnc(CNc2nc(N3CCOCC3)nc3c(Br)cnn23)[nH]1. The van der Waals surface area contributed by atoms with Gasteiger partial charge in [0.05, 0.1) is 36.0 Å². The van der Waals surface area contributed by atoms with Crippen molar-refractivity contribution in [2.45, 2.75) is 12.9 Å². The van der Waals surface area contributed by atoms with Crippen molar-refractivity contribution in [2.24, 2.45) is 0 Å². The van der Waals surface area contributed by atoms with E-state index in [0.29, 0.717) is 54.1 Å². The fourth-order valence-corrected chi connectivity index (χ4v) is 3.74. The average Bonchev–Trinajstić information content (AvgIpc) is 3.44. The van der Waals surface area contributed by atoms with Crippen molar-refractivity contribution >= 4 is 33.5 Å². The summed E-state index contributed by atoms with van der Waals surface area (Å²) in [6.45, 7) is 2.64. The predicted octanol–water partition coefficient (Wildman–Crippen LogP) is 3.02. The molecule has 11 nitrogen and oxygen atoms in total. The number of nitrogens with one attached hydrogen (secondary N) is 2. The fraction of sp³-hybridized carbons (Fsp3) is 0.316. The van der Waals surface area contributed by atoms with Gasteiger partial charge in [0.15, 0.2) is 11.5 Å². The Morgan fingerprint density at radius 3 is 2.74 bits per heavy atom. The van der Waals surface area contributed by atoms with Crippen LogP contribution in [0.5, 0.6) is 5.75 Å². The molecule has 1 aromatic carbocycles. The molecule has 3 aromatic heterocycles. The molecule has 0 unspecified atom stereocenters. The third kappa shape index (κ3) is 4.75. The molecule has 0 aliphatic carbocycles. The number of benzene rings is 1. The maximum atomic E-state index is 12.7. The molecule has 15 heteroatoms. The molecule has 1 aliphatic rings. The van der Waals surface area contributed by atoms with E-state index in [1.807, 2.05) is 4.90 Å². The smallest absolute Gasteiger partial charge is 0.405 e. The summed E-state index contributed by atoms with van der Waals surface area (Å²) in [4.78, 5) is 14.1. The van der Waals surface area contributed by atoms with Crippen LogP contribution in [0.1, 0.15) is 5.82 Å². The summed E-state index contributed by atoms with van der Waals surface area (Å²) in [6, 6.07) is 5.70. The first-order chi connectivity index (χ1) is 16.4. The fourth-order valence-electron chi connectivity index (χ4n) is 3.40. The van der Waals surface area contributed by atoms with Gasteiger partial charge in [0, 0.05) is 13.1 Å². The van der Waals surface area contributed by atoms with Crippen LogP contribution in [-0.4, -0.2) is 67.4 Å². The summed E-state index contributed by atoms with van der Waals surface area (Å²) >= 11 is 3.45. The molecule has 4 heterocycles. The molecule has 0 atom stereocenters. The van der Waals surface area contributed by atoms with Crippen molar-refractivity contribution in [1.82, 2.24) is 34.8 Å². The summed E-state index contributed by atoms with van der Waals surface area (Å²) in [5.74, 6) is 1.08. The first kappa shape index (κ1) is 22.3. The molecule has 0 radical (unpaired) electrons. The van der Waals surface area contributed by atoms with Gasteiger partial charge in [-0.1, -0.05) is 12.1 Å². The van der Waals surface area contributed by atoms with Gasteiger partial charge in [-0.05, 0) is 28.1 Å². The van der Waals surface area contributed by atoms with Gasteiger partial charge in [-0.25, -0.2) is 0 Å². The largest absolute Gasteiger partial charge is 0.573 e. The van der Waals surface area contributed by atoms with Gasteiger partial charge in [0.2, 0.25) is 11.9 Å². The first-order valence-corrected chi connectivity index (χ1v) is 10.9.